The van der Waals surface area contributed by atoms with E-state index in [1.807, 2.05) is 6.07 Å². The molecule has 2 saturated carbocycles. The van der Waals surface area contributed by atoms with E-state index < -0.39 is 16.2 Å². The second-order valence-corrected chi connectivity index (χ2v) is 10.5. The second kappa shape index (κ2) is 7.50. The van der Waals surface area contributed by atoms with Crippen LogP contribution in [0.4, 0.5) is 5.69 Å². The van der Waals surface area contributed by atoms with Crippen molar-refractivity contribution in [1.29, 1.82) is 0 Å². The van der Waals surface area contributed by atoms with Gasteiger partial charge < -0.3 is 9.84 Å². The van der Waals surface area contributed by atoms with Gasteiger partial charge in [-0.2, -0.15) is 12.7 Å². The van der Waals surface area contributed by atoms with Crippen molar-refractivity contribution in [2.24, 2.45) is 17.3 Å². The molecule has 166 valence electrons. The zero-order valence-electron chi connectivity index (χ0n) is 17.8. The summed E-state index contributed by atoms with van der Waals surface area (Å²) in [4.78, 5) is 12.0. The zero-order valence-corrected chi connectivity index (χ0v) is 18.6. The molecular formula is C22H31NO6S. The Morgan fingerprint density at radius 2 is 2.00 bits per heavy atom. The first kappa shape index (κ1) is 21.6. The number of aliphatic hydroxyl groups is 1. The highest BCUT2D eigenvalue weighted by atomic mass is 32.2. The molecule has 4 rings (SSSR count). The van der Waals surface area contributed by atoms with Crippen LogP contribution in [0.2, 0.25) is 0 Å². The van der Waals surface area contributed by atoms with E-state index in [4.69, 9.17) is 4.74 Å². The summed E-state index contributed by atoms with van der Waals surface area (Å²) < 4.78 is 39.6. The van der Waals surface area contributed by atoms with E-state index in [0.717, 1.165) is 56.6 Å². The second-order valence-electron chi connectivity index (χ2n) is 9.27. The number of nitrogens with zero attached hydrogens (tertiary/aromatic N) is 1. The van der Waals surface area contributed by atoms with Gasteiger partial charge in [0.25, 0.3) is 0 Å². The lowest BCUT2D eigenvalue weighted by atomic mass is 9.55. The fourth-order valence-electron chi connectivity index (χ4n) is 6.45. The van der Waals surface area contributed by atoms with E-state index in [9.17, 15) is 22.9 Å². The molecule has 3 aliphatic rings. The summed E-state index contributed by atoms with van der Waals surface area (Å²) in [7, 11) is -4.76. The van der Waals surface area contributed by atoms with Crippen molar-refractivity contribution in [3.63, 3.8) is 0 Å². The van der Waals surface area contributed by atoms with Crippen molar-refractivity contribution >= 4 is 21.9 Å². The molecule has 0 heterocycles. The first-order valence-electron chi connectivity index (χ1n) is 10.8. The average Bonchev–Trinajstić information content (AvgIpc) is 2.96. The van der Waals surface area contributed by atoms with Crippen molar-refractivity contribution < 1.29 is 27.6 Å². The van der Waals surface area contributed by atoms with Gasteiger partial charge in [0.15, 0.2) is 0 Å². The van der Waals surface area contributed by atoms with E-state index in [1.54, 1.807) is 13.0 Å². The number of aliphatic hydroxyl groups excluding tert-OH is 1. The molecule has 3 aliphatic carbocycles. The third-order valence-electron chi connectivity index (χ3n) is 7.79. The molecule has 0 saturated heterocycles. The van der Waals surface area contributed by atoms with Gasteiger partial charge in [-0.3, -0.25) is 9.35 Å². The fourth-order valence-corrected chi connectivity index (χ4v) is 7.16. The molecule has 0 spiro atoms. The molecule has 0 aliphatic heterocycles. The van der Waals surface area contributed by atoms with Crippen LogP contribution in [0.3, 0.4) is 0 Å². The first-order chi connectivity index (χ1) is 14.1. The Balaban J connectivity index is 1.78. The summed E-state index contributed by atoms with van der Waals surface area (Å²) in [5.41, 5.74) is 2.21. The molecule has 2 fully saturated rings. The molecule has 30 heavy (non-hydrogen) atoms. The average molecular weight is 438 g/mol. The minimum Gasteiger partial charge on any atom is -0.492 e. The number of fused-ring (bicyclic) bond motifs is 5. The van der Waals surface area contributed by atoms with Gasteiger partial charge in [-0.05, 0) is 91.9 Å². The minimum absolute atomic E-state index is 0.0161. The Morgan fingerprint density at radius 1 is 1.27 bits per heavy atom. The molecule has 5 atom stereocenters. The number of aryl methyl sites for hydroxylation is 1. The molecule has 0 bridgehead atoms. The maximum atomic E-state index is 12.0. The van der Waals surface area contributed by atoms with E-state index in [-0.39, 0.29) is 17.2 Å². The number of hydrogen-bond acceptors (Lipinski definition) is 5. The van der Waals surface area contributed by atoms with Gasteiger partial charge >= 0.3 is 10.3 Å². The fraction of sp³-hybridized carbons (Fsp3) is 0.682. The number of rotatable bonds is 4. The van der Waals surface area contributed by atoms with Crippen molar-refractivity contribution in [3.8, 4) is 5.75 Å². The molecule has 1 aromatic carbocycles. The van der Waals surface area contributed by atoms with Crippen molar-refractivity contribution in [2.75, 3.05) is 10.9 Å². The van der Waals surface area contributed by atoms with Crippen LogP contribution in [0, 0.1) is 17.3 Å². The number of amides is 1. The number of benzene rings is 1. The normalized spacial score (nSPS) is 32.7. The summed E-state index contributed by atoms with van der Waals surface area (Å²) in [5.74, 6) is 0.812. The van der Waals surface area contributed by atoms with Crippen LogP contribution < -0.4 is 9.04 Å². The zero-order chi connectivity index (χ0) is 21.8. The van der Waals surface area contributed by atoms with Gasteiger partial charge in [-0.15, -0.1) is 0 Å². The quantitative estimate of drug-likeness (QED) is 0.699. The largest absolute Gasteiger partial charge is 0.492 e. The van der Waals surface area contributed by atoms with Crippen LogP contribution in [-0.4, -0.2) is 36.7 Å². The van der Waals surface area contributed by atoms with Gasteiger partial charge in [-0.25, -0.2) is 0 Å². The van der Waals surface area contributed by atoms with Gasteiger partial charge in [-0.1, -0.05) is 6.92 Å². The minimum atomic E-state index is -4.76. The topological polar surface area (TPSA) is 104 Å². The highest BCUT2D eigenvalue weighted by molar-refractivity contribution is 7.88. The van der Waals surface area contributed by atoms with Crippen LogP contribution in [0.25, 0.3) is 0 Å². The van der Waals surface area contributed by atoms with Gasteiger partial charge in [0.1, 0.15) is 11.4 Å². The molecule has 7 nitrogen and oxygen atoms in total. The number of anilines is 1. The van der Waals surface area contributed by atoms with E-state index in [2.05, 4.69) is 6.92 Å². The number of carbonyl (C=O) groups is 1. The van der Waals surface area contributed by atoms with E-state index >= 15 is 0 Å². The van der Waals surface area contributed by atoms with Gasteiger partial charge in [0.05, 0.1) is 12.7 Å². The molecule has 1 amide bonds. The molecular weight excluding hydrogens is 406 g/mol. The lowest BCUT2D eigenvalue weighted by Gasteiger charge is -2.50. The molecule has 2 N–H and O–H groups in total. The summed E-state index contributed by atoms with van der Waals surface area (Å²) in [6.45, 7) is 5.44. The molecule has 0 aromatic heterocycles. The lowest BCUT2D eigenvalue weighted by Crippen LogP contribution is -2.44. The summed E-state index contributed by atoms with van der Waals surface area (Å²) >= 11 is 0. The number of carbonyl (C=O) groups excluding carboxylic acids is 1. The Kier molecular flexibility index (Phi) is 5.39. The predicted molar refractivity (Wildman–Crippen MR) is 113 cm³/mol. The Morgan fingerprint density at radius 3 is 2.63 bits per heavy atom. The van der Waals surface area contributed by atoms with Gasteiger partial charge in [0.2, 0.25) is 5.91 Å². The maximum Gasteiger partial charge on any atom is 0.366 e. The van der Waals surface area contributed by atoms with Crippen molar-refractivity contribution in [3.05, 3.63) is 23.3 Å². The highest BCUT2D eigenvalue weighted by Gasteiger charge is 2.54. The SMILES string of the molecule is CCOc1cc2c(cc1N(C(C)=O)S(=O)(=O)O)CC[C@@H]1[C@@H]2CC[C@]2(C)[C@H](O)CC[C@@H]12. The molecule has 1 aromatic rings. The van der Waals surface area contributed by atoms with Crippen LogP contribution >= 0.6 is 0 Å². The summed E-state index contributed by atoms with van der Waals surface area (Å²) in [5, 5.41) is 10.6. The van der Waals surface area contributed by atoms with Crippen LogP contribution in [0.1, 0.15) is 69.9 Å². The predicted octanol–water partition coefficient (Wildman–Crippen LogP) is 3.46. The summed E-state index contributed by atoms with van der Waals surface area (Å²) in [6, 6.07) is 3.57. The van der Waals surface area contributed by atoms with Gasteiger partial charge in [0, 0.05) is 6.92 Å². The Hall–Kier alpha value is -1.64. The third kappa shape index (κ3) is 3.33. The Bertz CT molecular complexity index is 961. The smallest absolute Gasteiger partial charge is 0.366 e. The van der Waals surface area contributed by atoms with Crippen molar-refractivity contribution in [1.82, 2.24) is 0 Å². The van der Waals surface area contributed by atoms with Crippen LogP contribution in [0.5, 0.6) is 5.75 Å². The third-order valence-corrected chi connectivity index (χ3v) is 8.70. The monoisotopic (exact) mass is 437 g/mol. The summed E-state index contributed by atoms with van der Waals surface area (Å²) in [6.07, 6.45) is 5.37. The number of ether oxygens (including phenoxy) is 1. The molecule has 0 unspecified atom stereocenters. The van der Waals surface area contributed by atoms with Crippen molar-refractivity contribution in [2.45, 2.75) is 71.3 Å². The van der Waals surface area contributed by atoms with E-state index in [0.29, 0.717) is 34.4 Å². The first-order valence-corrected chi connectivity index (χ1v) is 12.2. The number of hydrogen-bond donors (Lipinski definition) is 2. The van der Waals surface area contributed by atoms with E-state index in [1.165, 1.54) is 0 Å². The van der Waals surface area contributed by atoms with Crippen LogP contribution in [0.15, 0.2) is 12.1 Å². The standard InChI is InChI=1S/C22H31NO6S/c1-4-29-20-12-17-14(11-19(20)23(13(2)24)30(26,27)28)5-6-16-15(17)9-10-22(3)18(16)7-8-21(22)25/h11-12,15-16,18,21,25H,4-10H2,1-3H3,(H,26,27,28)/t15-,16+,18-,21+,22-/m0/s1. The maximum absolute atomic E-state index is 12.0. The highest BCUT2D eigenvalue weighted by Crippen LogP contribution is 2.61. The molecule has 0 radical (unpaired) electrons. The Labute approximate surface area is 178 Å². The van der Waals surface area contributed by atoms with Crippen LogP contribution in [-0.2, 0) is 21.5 Å². The molecule has 8 heteroatoms. The lowest BCUT2D eigenvalue weighted by molar-refractivity contribution is -0.115.